The van der Waals surface area contributed by atoms with E-state index in [9.17, 15) is 0 Å². The summed E-state index contributed by atoms with van der Waals surface area (Å²) in [5.41, 5.74) is 12.7. The van der Waals surface area contributed by atoms with Crippen LogP contribution in [-0.4, -0.2) is 12.6 Å². The van der Waals surface area contributed by atoms with Crippen LogP contribution < -0.4 is 0 Å². The van der Waals surface area contributed by atoms with Gasteiger partial charge in [-0.15, -0.1) is 0 Å². The van der Waals surface area contributed by atoms with Crippen LogP contribution in [0.3, 0.4) is 0 Å². The van der Waals surface area contributed by atoms with E-state index in [-0.39, 0.29) is 0 Å². The van der Waals surface area contributed by atoms with Crippen LogP contribution in [0.4, 0.5) is 0 Å². The van der Waals surface area contributed by atoms with Crippen molar-refractivity contribution in [2.75, 3.05) is 0 Å². The third kappa shape index (κ3) is 2.82. The Morgan fingerprint density at radius 3 is 2.20 bits per heavy atom. The number of aromatic nitrogens is 1. The van der Waals surface area contributed by atoms with Gasteiger partial charge in [0, 0.05) is 22.6 Å². The van der Waals surface area contributed by atoms with Gasteiger partial charge >= 0.3 is 82.3 Å². The Morgan fingerprint density at radius 2 is 1.53 bits per heavy atom. The van der Waals surface area contributed by atoms with Gasteiger partial charge in [-0.3, -0.25) is 0 Å². The first-order chi connectivity index (χ1) is 14.3. The predicted molar refractivity (Wildman–Crippen MR) is 126 cm³/mol. The Labute approximate surface area is 196 Å². The van der Waals surface area contributed by atoms with Crippen molar-refractivity contribution in [3.63, 3.8) is 0 Å². The van der Waals surface area contributed by atoms with Crippen LogP contribution in [-0.2, 0) is 24.7 Å². The maximum atomic E-state index is 2.52. The number of benzene rings is 2. The summed E-state index contributed by atoms with van der Waals surface area (Å²) in [7, 11) is -1.19. The summed E-state index contributed by atoms with van der Waals surface area (Å²) in [6.45, 7) is 11.8. The number of hydrogen-bond acceptors (Lipinski definition) is 0. The molecule has 2 atom stereocenters. The standard InChI is InChI=1S/C17H19NSi.C10H9.Zr/c1-11-10-14-15(17-12(2)16(14)19(17,3)4)18(11)13-8-6-5-7-9-13;1-8-6-9-4-2-3-5-10(9)7-8;/h5-10,16H,1-4H3;2-7H,1H3;. The first kappa shape index (κ1) is 20.2. The Kier molecular flexibility index (Phi) is 4.84. The zero-order chi connectivity index (χ0) is 21.2. The number of fused-ring (bicyclic) bond motifs is 1. The van der Waals surface area contributed by atoms with Gasteiger partial charge in [0.1, 0.15) is 0 Å². The van der Waals surface area contributed by atoms with Crippen molar-refractivity contribution in [2.24, 2.45) is 0 Å². The van der Waals surface area contributed by atoms with Crippen LogP contribution in [0.5, 0.6) is 0 Å². The van der Waals surface area contributed by atoms with Gasteiger partial charge in [0.25, 0.3) is 0 Å². The Balaban J connectivity index is 0.000000149. The van der Waals surface area contributed by atoms with E-state index in [0.29, 0.717) is 0 Å². The monoisotopic (exact) mass is 484 g/mol. The van der Waals surface area contributed by atoms with Gasteiger partial charge in [-0.2, -0.15) is 0 Å². The average molecular weight is 486 g/mol. The molecule has 2 unspecified atom stereocenters. The summed E-state index contributed by atoms with van der Waals surface area (Å²) in [5.74, 6) is 0. The molecular weight excluding hydrogens is 458 g/mol. The molecule has 0 saturated carbocycles. The molecule has 0 amide bonds. The van der Waals surface area contributed by atoms with E-state index in [0.717, 1.165) is 9.17 Å². The average Bonchev–Trinajstić information content (AvgIpc) is 3.36. The molecular formula is C27H28NSiZr. The van der Waals surface area contributed by atoms with E-state index in [1.807, 2.05) is 0 Å². The van der Waals surface area contributed by atoms with Crippen molar-refractivity contribution in [3.05, 3.63) is 99.9 Å². The summed E-state index contributed by atoms with van der Waals surface area (Å²) in [6, 6.07) is 21.9. The van der Waals surface area contributed by atoms with Crippen LogP contribution in [0.25, 0.3) is 17.0 Å². The second-order valence-corrected chi connectivity index (χ2v) is 15.4. The topological polar surface area (TPSA) is 4.93 Å². The van der Waals surface area contributed by atoms with Crippen molar-refractivity contribution in [3.8, 4) is 5.69 Å². The molecule has 0 N–H and O–H groups in total. The molecule has 0 radical (unpaired) electrons. The molecule has 3 heterocycles. The van der Waals surface area contributed by atoms with Gasteiger partial charge in [0.05, 0.1) is 8.07 Å². The van der Waals surface area contributed by atoms with Gasteiger partial charge in [0.15, 0.2) is 0 Å². The first-order valence-electron chi connectivity index (χ1n) is 10.8. The van der Waals surface area contributed by atoms with Crippen LogP contribution in [0.2, 0.25) is 13.1 Å². The SMILES string of the molecule is CC1=C2c3c(cc(C)n3-c3ccccc3)C1[Si]2(C)C.CC1=Cc2ccccc2[CH]1[Zr]. The molecule has 7 rings (SSSR count). The van der Waals surface area contributed by atoms with Crippen LogP contribution in [0.1, 0.15) is 51.1 Å². The predicted octanol–water partition coefficient (Wildman–Crippen LogP) is 7.15. The third-order valence-electron chi connectivity index (χ3n) is 7.12. The number of rotatable bonds is 1. The minimum absolute atomic E-state index is 0.721. The van der Waals surface area contributed by atoms with Crippen molar-refractivity contribution in [2.45, 2.75) is 43.0 Å². The summed E-state index contributed by atoms with van der Waals surface area (Å²) in [4.78, 5) is 0. The van der Waals surface area contributed by atoms with Crippen LogP contribution in [0.15, 0.2) is 71.8 Å². The molecule has 2 aliphatic heterocycles. The molecule has 2 bridgehead atoms. The normalized spacial score (nSPS) is 21.9. The van der Waals surface area contributed by atoms with E-state index < -0.39 is 8.07 Å². The summed E-state index contributed by atoms with van der Waals surface area (Å²) in [5, 5.41) is 1.71. The molecule has 0 fully saturated rings. The van der Waals surface area contributed by atoms with Crippen LogP contribution in [0, 0.1) is 6.92 Å². The minimum atomic E-state index is -1.19. The molecule has 0 spiro atoms. The van der Waals surface area contributed by atoms with Gasteiger partial charge < -0.3 is 4.57 Å². The molecule has 3 heteroatoms. The van der Waals surface area contributed by atoms with Crippen molar-refractivity contribution >= 4 is 19.3 Å². The quantitative estimate of drug-likeness (QED) is 0.323. The zero-order valence-corrected chi connectivity index (χ0v) is 21.9. The number of aryl methyl sites for hydroxylation is 1. The Hall–Kier alpha value is -1.70. The van der Waals surface area contributed by atoms with Gasteiger partial charge in [-0.05, 0) is 42.8 Å². The van der Waals surface area contributed by atoms with Gasteiger partial charge in [-0.1, -0.05) is 36.9 Å². The Morgan fingerprint density at radius 1 is 0.867 bits per heavy atom. The fourth-order valence-electron chi connectivity index (χ4n) is 5.90. The first-order valence-corrected chi connectivity index (χ1v) is 15.3. The molecule has 1 nitrogen and oxygen atoms in total. The molecule has 30 heavy (non-hydrogen) atoms. The molecule has 0 saturated heterocycles. The maximum absolute atomic E-state index is 2.52. The van der Waals surface area contributed by atoms with Gasteiger partial charge in [-0.25, -0.2) is 0 Å². The summed E-state index contributed by atoms with van der Waals surface area (Å²) >= 11 is 1.60. The van der Waals surface area contributed by atoms with E-state index in [1.165, 1.54) is 33.8 Å². The molecule has 3 aromatic rings. The van der Waals surface area contributed by atoms with Crippen molar-refractivity contribution in [1.29, 1.82) is 0 Å². The summed E-state index contributed by atoms with van der Waals surface area (Å²) in [6.07, 6.45) is 2.30. The second kappa shape index (κ2) is 7.18. The fraction of sp³-hybridized carbons (Fsp3) is 0.259. The van der Waals surface area contributed by atoms with E-state index in [2.05, 4.69) is 105 Å². The number of hydrogen-bond donors (Lipinski definition) is 0. The van der Waals surface area contributed by atoms with E-state index >= 15 is 0 Å². The summed E-state index contributed by atoms with van der Waals surface area (Å²) < 4.78 is 3.19. The van der Waals surface area contributed by atoms with Crippen molar-refractivity contribution in [1.82, 2.24) is 4.57 Å². The zero-order valence-electron chi connectivity index (χ0n) is 18.5. The van der Waals surface area contributed by atoms with E-state index in [1.54, 1.807) is 41.1 Å². The fourth-order valence-corrected chi connectivity index (χ4v) is 11.1. The Bertz CT molecular complexity index is 1210. The second-order valence-electron chi connectivity index (χ2n) is 9.42. The van der Waals surface area contributed by atoms with Crippen LogP contribution >= 0.6 is 0 Å². The molecule has 1 aromatic heterocycles. The number of allylic oxidation sites excluding steroid dienone is 2. The molecule has 4 aliphatic rings. The molecule has 149 valence electrons. The van der Waals surface area contributed by atoms with Gasteiger partial charge in [0.2, 0.25) is 0 Å². The number of nitrogens with zero attached hydrogens (tertiary/aromatic N) is 1. The molecule has 2 aromatic carbocycles. The van der Waals surface area contributed by atoms with E-state index in [4.69, 9.17) is 0 Å². The molecule has 2 aliphatic carbocycles. The third-order valence-corrected chi connectivity index (χ3v) is 13.1. The van der Waals surface area contributed by atoms with Crippen molar-refractivity contribution < 1.29 is 24.7 Å². The number of para-hydroxylation sites is 1.